The molecule has 0 spiro atoms. The fourth-order valence-corrected chi connectivity index (χ4v) is 2.49. The molecule has 0 aliphatic heterocycles. The number of benzene rings is 1. The van der Waals surface area contributed by atoms with Gasteiger partial charge in [0.1, 0.15) is 5.01 Å². The van der Waals surface area contributed by atoms with E-state index in [1.54, 1.807) is 18.4 Å². The topological polar surface area (TPSA) is 34.1 Å². The number of aromatic nitrogens is 1. The molecule has 0 radical (unpaired) electrons. The number of aryl methyl sites for hydroxylation is 1. The second-order valence-electron chi connectivity index (χ2n) is 4.17. The Balaban J connectivity index is 1.95. The van der Waals surface area contributed by atoms with Crippen LogP contribution in [0.25, 0.3) is 10.6 Å². The highest BCUT2D eigenvalue weighted by atomic mass is 32.1. The molecule has 0 fully saturated rings. The number of hydrogen-bond acceptors (Lipinski definition) is 4. The van der Waals surface area contributed by atoms with Crippen molar-refractivity contribution in [3.8, 4) is 10.6 Å². The summed E-state index contributed by atoms with van der Waals surface area (Å²) in [6.45, 7) is 4.56. The quantitative estimate of drug-likeness (QED) is 0.813. The van der Waals surface area contributed by atoms with Gasteiger partial charge in [-0.1, -0.05) is 29.8 Å². The lowest BCUT2D eigenvalue weighted by molar-refractivity contribution is 0.199. The summed E-state index contributed by atoms with van der Waals surface area (Å²) in [6, 6.07) is 8.48. The van der Waals surface area contributed by atoms with Gasteiger partial charge in [0.2, 0.25) is 0 Å². The van der Waals surface area contributed by atoms with Gasteiger partial charge in [-0.05, 0) is 6.92 Å². The second kappa shape index (κ2) is 6.64. The van der Waals surface area contributed by atoms with Crippen molar-refractivity contribution >= 4 is 11.3 Å². The standard InChI is InChI=1S/C14H18N2OS/c1-11-3-5-12(6-4-11)14-16-10-13(18-14)9-15-7-8-17-2/h3-6,10,15H,7-9H2,1-2H3. The number of rotatable bonds is 6. The van der Waals surface area contributed by atoms with Crippen LogP contribution in [0.5, 0.6) is 0 Å². The summed E-state index contributed by atoms with van der Waals surface area (Å²) in [5.41, 5.74) is 2.46. The van der Waals surface area contributed by atoms with Crippen LogP contribution < -0.4 is 5.32 Å². The maximum Gasteiger partial charge on any atom is 0.123 e. The minimum absolute atomic E-state index is 0.740. The van der Waals surface area contributed by atoms with Crippen molar-refractivity contribution in [2.24, 2.45) is 0 Å². The highest BCUT2D eigenvalue weighted by Gasteiger charge is 2.04. The Morgan fingerprint density at radius 3 is 2.78 bits per heavy atom. The highest BCUT2D eigenvalue weighted by Crippen LogP contribution is 2.25. The third kappa shape index (κ3) is 3.63. The maximum atomic E-state index is 4.99. The van der Waals surface area contributed by atoms with Gasteiger partial charge in [-0.25, -0.2) is 4.98 Å². The molecule has 0 saturated carbocycles. The van der Waals surface area contributed by atoms with E-state index in [1.807, 2.05) is 6.20 Å². The van der Waals surface area contributed by atoms with Crippen molar-refractivity contribution in [1.29, 1.82) is 0 Å². The van der Waals surface area contributed by atoms with E-state index < -0.39 is 0 Å². The van der Waals surface area contributed by atoms with Crippen LogP contribution >= 0.6 is 11.3 Å². The first-order chi connectivity index (χ1) is 8.79. The lowest BCUT2D eigenvalue weighted by atomic mass is 10.2. The smallest absolute Gasteiger partial charge is 0.123 e. The van der Waals surface area contributed by atoms with E-state index in [-0.39, 0.29) is 0 Å². The number of nitrogens with one attached hydrogen (secondary N) is 1. The van der Waals surface area contributed by atoms with Gasteiger partial charge in [-0.3, -0.25) is 0 Å². The van der Waals surface area contributed by atoms with Crippen LogP contribution in [0.2, 0.25) is 0 Å². The molecule has 2 rings (SSSR count). The van der Waals surface area contributed by atoms with Crippen LogP contribution in [-0.2, 0) is 11.3 Å². The second-order valence-corrected chi connectivity index (χ2v) is 5.28. The summed E-state index contributed by atoms with van der Waals surface area (Å²) < 4.78 is 4.99. The first kappa shape index (κ1) is 13.2. The third-order valence-electron chi connectivity index (χ3n) is 2.63. The predicted octanol–water partition coefficient (Wildman–Crippen LogP) is 2.85. The van der Waals surface area contributed by atoms with E-state index in [2.05, 4.69) is 41.5 Å². The maximum absolute atomic E-state index is 4.99. The molecule has 3 nitrogen and oxygen atoms in total. The molecule has 1 aromatic heterocycles. The molecule has 4 heteroatoms. The Kier molecular flexibility index (Phi) is 4.87. The van der Waals surface area contributed by atoms with Crippen molar-refractivity contribution in [2.75, 3.05) is 20.3 Å². The van der Waals surface area contributed by atoms with Crippen molar-refractivity contribution in [3.63, 3.8) is 0 Å². The molecule has 0 aliphatic carbocycles. The number of methoxy groups -OCH3 is 1. The van der Waals surface area contributed by atoms with Crippen molar-refractivity contribution in [1.82, 2.24) is 10.3 Å². The summed E-state index contributed by atoms with van der Waals surface area (Å²) in [5.74, 6) is 0. The van der Waals surface area contributed by atoms with Gasteiger partial charge in [0.15, 0.2) is 0 Å². The number of nitrogens with zero attached hydrogens (tertiary/aromatic N) is 1. The molecule has 1 N–H and O–H groups in total. The van der Waals surface area contributed by atoms with Crippen molar-refractivity contribution in [2.45, 2.75) is 13.5 Å². The molecule has 1 heterocycles. The molecule has 0 bridgehead atoms. The lowest BCUT2D eigenvalue weighted by Crippen LogP contribution is -2.17. The summed E-state index contributed by atoms with van der Waals surface area (Å²) in [5, 5.41) is 4.40. The minimum Gasteiger partial charge on any atom is -0.383 e. The Morgan fingerprint density at radius 2 is 2.06 bits per heavy atom. The normalized spacial score (nSPS) is 10.8. The predicted molar refractivity (Wildman–Crippen MR) is 75.9 cm³/mol. The van der Waals surface area contributed by atoms with Crippen LogP contribution in [0.4, 0.5) is 0 Å². The van der Waals surface area contributed by atoms with Gasteiger partial charge >= 0.3 is 0 Å². The Labute approximate surface area is 112 Å². The molecule has 18 heavy (non-hydrogen) atoms. The first-order valence-electron chi connectivity index (χ1n) is 6.01. The van der Waals surface area contributed by atoms with E-state index in [4.69, 9.17) is 4.74 Å². The molecular formula is C14H18N2OS. The minimum atomic E-state index is 0.740. The monoisotopic (exact) mass is 262 g/mol. The van der Waals surface area contributed by atoms with Gasteiger partial charge in [0, 0.05) is 36.8 Å². The molecule has 2 aromatic rings. The zero-order valence-corrected chi connectivity index (χ0v) is 11.6. The van der Waals surface area contributed by atoms with E-state index in [1.165, 1.54) is 16.0 Å². The third-order valence-corrected chi connectivity index (χ3v) is 3.68. The fourth-order valence-electron chi connectivity index (χ4n) is 1.60. The number of ether oxygens (including phenoxy) is 1. The SMILES string of the molecule is COCCNCc1cnc(-c2ccc(C)cc2)s1. The molecule has 0 aliphatic rings. The summed E-state index contributed by atoms with van der Waals surface area (Å²) >= 11 is 1.74. The van der Waals surface area contributed by atoms with E-state index in [0.717, 1.165) is 24.7 Å². The summed E-state index contributed by atoms with van der Waals surface area (Å²) in [4.78, 5) is 5.71. The highest BCUT2D eigenvalue weighted by molar-refractivity contribution is 7.15. The van der Waals surface area contributed by atoms with E-state index in [9.17, 15) is 0 Å². The molecule has 0 unspecified atom stereocenters. The number of hydrogen-bond donors (Lipinski definition) is 1. The Bertz CT molecular complexity index is 479. The van der Waals surface area contributed by atoms with Crippen LogP contribution in [0.3, 0.4) is 0 Å². The molecule has 0 atom stereocenters. The fraction of sp³-hybridized carbons (Fsp3) is 0.357. The van der Waals surface area contributed by atoms with Crippen molar-refractivity contribution in [3.05, 3.63) is 40.9 Å². The number of thiazole rings is 1. The lowest BCUT2D eigenvalue weighted by Gasteiger charge is -2.00. The van der Waals surface area contributed by atoms with Gasteiger partial charge in [0.05, 0.1) is 6.61 Å². The van der Waals surface area contributed by atoms with Gasteiger partial charge in [-0.15, -0.1) is 11.3 Å². The van der Waals surface area contributed by atoms with E-state index in [0.29, 0.717) is 0 Å². The molecule has 0 saturated heterocycles. The van der Waals surface area contributed by atoms with Crippen molar-refractivity contribution < 1.29 is 4.74 Å². The zero-order chi connectivity index (χ0) is 12.8. The van der Waals surface area contributed by atoms with Crippen LogP contribution in [0.1, 0.15) is 10.4 Å². The molecule has 96 valence electrons. The average molecular weight is 262 g/mol. The Hall–Kier alpha value is -1.23. The van der Waals surface area contributed by atoms with Crippen LogP contribution in [-0.4, -0.2) is 25.2 Å². The van der Waals surface area contributed by atoms with Gasteiger partial charge < -0.3 is 10.1 Å². The molecule has 1 aromatic carbocycles. The Morgan fingerprint density at radius 1 is 1.28 bits per heavy atom. The largest absolute Gasteiger partial charge is 0.383 e. The molecule has 0 amide bonds. The average Bonchev–Trinajstić information content (AvgIpc) is 2.84. The van der Waals surface area contributed by atoms with Gasteiger partial charge in [-0.2, -0.15) is 0 Å². The van der Waals surface area contributed by atoms with Gasteiger partial charge in [0.25, 0.3) is 0 Å². The van der Waals surface area contributed by atoms with Crippen LogP contribution in [0, 0.1) is 6.92 Å². The van der Waals surface area contributed by atoms with Crippen LogP contribution in [0.15, 0.2) is 30.5 Å². The zero-order valence-electron chi connectivity index (χ0n) is 10.8. The molecular weight excluding hydrogens is 244 g/mol. The summed E-state index contributed by atoms with van der Waals surface area (Å²) in [7, 11) is 1.71. The first-order valence-corrected chi connectivity index (χ1v) is 6.82. The van der Waals surface area contributed by atoms with E-state index >= 15 is 0 Å². The summed E-state index contributed by atoms with van der Waals surface area (Å²) in [6.07, 6.45) is 1.94.